The number of hydrogen-bond donors (Lipinski definition) is 1. The zero-order valence-electron chi connectivity index (χ0n) is 18.7. The minimum atomic E-state index is -0.0917. The summed E-state index contributed by atoms with van der Waals surface area (Å²) in [7, 11) is 0. The Balaban J connectivity index is 1.45. The third-order valence-electron chi connectivity index (χ3n) is 5.80. The number of carbonyl (C=O) groups is 2. The minimum absolute atomic E-state index is 0.0886. The summed E-state index contributed by atoms with van der Waals surface area (Å²) < 4.78 is 0. The lowest BCUT2D eigenvalue weighted by atomic mass is 10.1. The lowest BCUT2D eigenvalue weighted by Crippen LogP contribution is -2.49. The molecule has 3 rings (SSSR count). The Morgan fingerprint density at radius 1 is 1.06 bits per heavy atom. The van der Waals surface area contributed by atoms with Gasteiger partial charge in [0.15, 0.2) is 0 Å². The van der Waals surface area contributed by atoms with Crippen LogP contribution in [0.3, 0.4) is 0 Å². The van der Waals surface area contributed by atoms with Gasteiger partial charge in [0, 0.05) is 44.8 Å². The van der Waals surface area contributed by atoms with Crippen LogP contribution in [0, 0.1) is 0 Å². The molecule has 0 saturated carbocycles. The first-order valence-corrected chi connectivity index (χ1v) is 11.4. The summed E-state index contributed by atoms with van der Waals surface area (Å²) in [5, 5.41) is 3.06. The number of anilines is 1. The standard InChI is InChI=1S/C25H34N4O2/c1-3-4-10-24(30)29-17-15-28(16-18-29)23-14-13-22(19-26-23)25(31)27-20(2)11-12-21-8-6-5-7-9-21/h5-9,13-14,19-20H,3-4,10-12,15-18H2,1-2H3,(H,27,31). The van der Waals surface area contributed by atoms with Crippen LogP contribution < -0.4 is 10.2 Å². The van der Waals surface area contributed by atoms with Gasteiger partial charge in [-0.15, -0.1) is 0 Å². The number of unbranched alkanes of at least 4 members (excludes halogenated alkanes) is 1. The van der Waals surface area contributed by atoms with Crippen molar-refractivity contribution >= 4 is 17.6 Å². The second-order valence-corrected chi connectivity index (χ2v) is 8.28. The first kappa shape index (κ1) is 22.8. The maximum Gasteiger partial charge on any atom is 0.253 e. The number of aromatic nitrogens is 1. The minimum Gasteiger partial charge on any atom is -0.353 e. The van der Waals surface area contributed by atoms with Crippen LogP contribution in [-0.2, 0) is 11.2 Å². The van der Waals surface area contributed by atoms with Gasteiger partial charge in [-0.3, -0.25) is 9.59 Å². The summed E-state index contributed by atoms with van der Waals surface area (Å²) in [6.07, 6.45) is 6.11. The van der Waals surface area contributed by atoms with Crippen molar-refractivity contribution in [2.75, 3.05) is 31.1 Å². The molecule has 1 aliphatic heterocycles. The first-order valence-electron chi connectivity index (χ1n) is 11.4. The van der Waals surface area contributed by atoms with E-state index in [0.29, 0.717) is 12.0 Å². The summed E-state index contributed by atoms with van der Waals surface area (Å²) >= 11 is 0. The number of aryl methyl sites for hydroxylation is 1. The Morgan fingerprint density at radius 3 is 2.45 bits per heavy atom. The molecule has 6 heteroatoms. The number of amides is 2. The summed E-state index contributed by atoms with van der Waals surface area (Å²) in [5.41, 5.74) is 1.85. The fourth-order valence-corrected chi connectivity index (χ4v) is 3.79. The van der Waals surface area contributed by atoms with E-state index in [-0.39, 0.29) is 17.9 Å². The van der Waals surface area contributed by atoms with Crippen LogP contribution in [0.4, 0.5) is 5.82 Å². The summed E-state index contributed by atoms with van der Waals surface area (Å²) in [6.45, 7) is 7.13. The highest BCUT2D eigenvalue weighted by atomic mass is 16.2. The molecule has 2 amide bonds. The van der Waals surface area contributed by atoms with Gasteiger partial charge in [0.05, 0.1) is 5.56 Å². The largest absolute Gasteiger partial charge is 0.353 e. The normalized spacial score (nSPS) is 14.9. The molecule has 31 heavy (non-hydrogen) atoms. The van der Waals surface area contributed by atoms with Gasteiger partial charge >= 0.3 is 0 Å². The molecule has 0 radical (unpaired) electrons. The van der Waals surface area contributed by atoms with E-state index in [2.05, 4.69) is 34.3 Å². The van der Waals surface area contributed by atoms with Crippen LogP contribution in [0.1, 0.15) is 55.5 Å². The second-order valence-electron chi connectivity index (χ2n) is 8.28. The number of hydrogen-bond acceptors (Lipinski definition) is 4. The Labute approximate surface area is 185 Å². The molecule has 6 nitrogen and oxygen atoms in total. The molecule has 1 aromatic heterocycles. The van der Waals surface area contributed by atoms with E-state index in [0.717, 1.165) is 57.7 Å². The van der Waals surface area contributed by atoms with Gasteiger partial charge in [-0.25, -0.2) is 4.98 Å². The van der Waals surface area contributed by atoms with Crippen molar-refractivity contribution in [3.63, 3.8) is 0 Å². The van der Waals surface area contributed by atoms with Crippen molar-refractivity contribution in [2.24, 2.45) is 0 Å². The summed E-state index contributed by atoms with van der Waals surface area (Å²) in [5.74, 6) is 1.02. The molecule has 2 aromatic rings. The average molecular weight is 423 g/mol. The van der Waals surface area contributed by atoms with Crippen LogP contribution in [0.5, 0.6) is 0 Å². The van der Waals surface area contributed by atoms with E-state index in [1.54, 1.807) is 6.20 Å². The maximum absolute atomic E-state index is 12.5. The quantitative estimate of drug-likeness (QED) is 0.670. The number of nitrogens with zero attached hydrogens (tertiary/aromatic N) is 3. The SMILES string of the molecule is CCCCC(=O)N1CCN(c2ccc(C(=O)NC(C)CCc3ccccc3)cn2)CC1. The Kier molecular flexibility index (Phi) is 8.44. The van der Waals surface area contributed by atoms with Gasteiger partial charge in [-0.2, -0.15) is 0 Å². The number of nitrogens with one attached hydrogen (secondary N) is 1. The first-order chi connectivity index (χ1) is 15.1. The van der Waals surface area contributed by atoms with Crippen molar-refractivity contribution < 1.29 is 9.59 Å². The second kappa shape index (κ2) is 11.5. The third-order valence-corrected chi connectivity index (χ3v) is 5.80. The zero-order valence-corrected chi connectivity index (χ0v) is 18.7. The van der Waals surface area contributed by atoms with Gasteiger partial charge in [0.25, 0.3) is 5.91 Å². The van der Waals surface area contributed by atoms with Gasteiger partial charge in [-0.05, 0) is 43.9 Å². The van der Waals surface area contributed by atoms with E-state index in [1.807, 2.05) is 42.2 Å². The molecule has 1 fully saturated rings. The summed E-state index contributed by atoms with van der Waals surface area (Å²) in [4.78, 5) is 33.4. The number of benzene rings is 1. The highest BCUT2D eigenvalue weighted by Crippen LogP contribution is 2.15. The van der Waals surface area contributed by atoms with Crippen molar-refractivity contribution in [2.45, 2.75) is 52.0 Å². The highest BCUT2D eigenvalue weighted by molar-refractivity contribution is 5.94. The summed E-state index contributed by atoms with van der Waals surface area (Å²) in [6, 6.07) is 14.1. The Bertz CT molecular complexity index is 830. The number of rotatable bonds is 9. The molecule has 1 atom stereocenters. The topological polar surface area (TPSA) is 65.5 Å². The number of pyridine rings is 1. The monoisotopic (exact) mass is 422 g/mol. The fraction of sp³-hybridized carbons (Fsp3) is 0.480. The zero-order chi connectivity index (χ0) is 22.1. The van der Waals surface area contributed by atoms with Crippen molar-refractivity contribution in [1.29, 1.82) is 0 Å². The van der Waals surface area contributed by atoms with E-state index in [1.165, 1.54) is 5.56 Å². The smallest absolute Gasteiger partial charge is 0.253 e. The van der Waals surface area contributed by atoms with Crippen LogP contribution in [0.25, 0.3) is 0 Å². The van der Waals surface area contributed by atoms with E-state index < -0.39 is 0 Å². The maximum atomic E-state index is 12.5. The van der Waals surface area contributed by atoms with Crippen LogP contribution in [0.15, 0.2) is 48.7 Å². The predicted molar refractivity (Wildman–Crippen MR) is 124 cm³/mol. The van der Waals surface area contributed by atoms with Gasteiger partial charge in [-0.1, -0.05) is 43.7 Å². The molecular formula is C25H34N4O2. The third kappa shape index (κ3) is 6.81. The molecule has 1 N–H and O–H groups in total. The lowest BCUT2D eigenvalue weighted by Gasteiger charge is -2.35. The van der Waals surface area contributed by atoms with Crippen molar-refractivity contribution in [3.05, 3.63) is 59.8 Å². The molecular weight excluding hydrogens is 388 g/mol. The van der Waals surface area contributed by atoms with Crippen molar-refractivity contribution in [3.8, 4) is 0 Å². The molecule has 2 heterocycles. The number of carbonyl (C=O) groups excluding carboxylic acids is 2. The van der Waals surface area contributed by atoms with E-state index in [9.17, 15) is 9.59 Å². The molecule has 0 spiro atoms. The fourth-order valence-electron chi connectivity index (χ4n) is 3.79. The van der Waals surface area contributed by atoms with E-state index >= 15 is 0 Å². The Morgan fingerprint density at radius 2 is 1.81 bits per heavy atom. The van der Waals surface area contributed by atoms with Crippen LogP contribution in [0.2, 0.25) is 0 Å². The van der Waals surface area contributed by atoms with Gasteiger partial charge in [0.2, 0.25) is 5.91 Å². The van der Waals surface area contributed by atoms with Crippen molar-refractivity contribution in [1.82, 2.24) is 15.2 Å². The molecule has 1 unspecified atom stereocenters. The van der Waals surface area contributed by atoms with Crippen LogP contribution in [-0.4, -0.2) is 53.9 Å². The molecule has 0 bridgehead atoms. The van der Waals surface area contributed by atoms with Crippen LogP contribution >= 0.6 is 0 Å². The van der Waals surface area contributed by atoms with Gasteiger partial charge in [0.1, 0.15) is 5.82 Å². The average Bonchev–Trinajstić information content (AvgIpc) is 2.82. The molecule has 0 aliphatic carbocycles. The number of piperazine rings is 1. The molecule has 1 aromatic carbocycles. The lowest BCUT2D eigenvalue weighted by molar-refractivity contribution is -0.131. The highest BCUT2D eigenvalue weighted by Gasteiger charge is 2.21. The molecule has 166 valence electrons. The van der Waals surface area contributed by atoms with Gasteiger partial charge < -0.3 is 15.1 Å². The molecule has 1 aliphatic rings. The predicted octanol–water partition coefficient (Wildman–Crippen LogP) is 3.67. The molecule has 1 saturated heterocycles. The Hall–Kier alpha value is -2.89. The van der Waals surface area contributed by atoms with E-state index in [4.69, 9.17) is 0 Å².